The fraction of sp³-hybridized carbons (Fsp3) is 0.417. The zero-order chi connectivity index (χ0) is 24.0. The highest BCUT2D eigenvalue weighted by Crippen LogP contribution is 2.32. The van der Waals surface area contributed by atoms with Gasteiger partial charge in [-0.05, 0) is 68.6 Å². The Balaban J connectivity index is 1.40. The number of aryl methyl sites for hydroxylation is 1. The molecule has 3 N–H and O–H groups in total. The van der Waals surface area contributed by atoms with Crippen molar-refractivity contribution < 1.29 is 22.8 Å². The Morgan fingerprint density at radius 2 is 2.06 bits per heavy atom. The number of hydroxylamine groups is 1. The zero-order valence-corrected chi connectivity index (χ0v) is 19.9. The molecular weight excluding hydrogens is 456 g/mol. The summed E-state index contributed by atoms with van der Waals surface area (Å²) in [5.74, 6) is 0.0373. The maximum absolute atomic E-state index is 13.5. The average Bonchev–Trinajstić information content (AvgIpc) is 3.33. The molecule has 1 aromatic carbocycles. The Morgan fingerprint density at radius 1 is 1.24 bits per heavy atom. The molecule has 34 heavy (non-hydrogen) atoms. The van der Waals surface area contributed by atoms with Crippen LogP contribution in [-0.4, -0.2) is 50.2 Å². The van der Waals surface area contributed by atoms with Crippen LogP contribution in [0.25, 0.3) is 6.08 Å². The van der Waals surface area contributed by atoms with E-state index in [4.69, 9.17) is 9.57 Å². The summed E-state index contributed by atoms with van der Waals surface area (Å²) in [6.45, 7) is 3.41. The van der Waals surface area contributed by atoms with Crippen LogP contribution in [0, 0.1) is 6.92 Å². The largest absolute Gasteiger partial charge is 0.350 e. The van der Waals surface area contributed by atoms with Gasteiger partial charge in [0.05, 0.1) is 4.90 Å². The van der Waals surface area contributed by atoms with Crippen molar-refractivity contribution in [3.63, 3.8) is 0 Å². The average molecular weight is 487 g/mol. The van der Waals surface area contributed by atoms with Gasteiger partial charge in [0.1, 0.15) is 5.82 Å². The van der Waals surface area contributed by atoms with Crippen LogP contribution in [0.1, 0.15) is 36.8 Å². The minimum absolute atomic E-state index is 0.275. The van der Waals surface area contributed by atoms with Crippen LogP contribution >= 0.6 is 0 Å². The molecule has 1 unspecified atom stereocenters. The molecule has 0 bridgehead atoms. The van der Waals surface area contributed by atoms with E-state index < -0.39 is 26.9 Å². The number of carbonyl (C=O) groups is 1. The molecule has 10 heteroatoms. The second kappa shape index (κ2) is 10.6. The maximum atomic E-state index is 13.5. The van der Waals surface area contributed by atoms with Crippen LogP contribution < -0.4 is 16.1 Å². The minimum Gasteiger partial charge on any atom is -0.350 e. The van der Waals surface area contributed by atoms with Gasteiger partial charge in [-0.3, -0.25) is 4.79 Å². The molecule has 1 aromatic heterocycles. The standard InChI is InChI=1S/C24H30N4O5S/c1-18-5-9-20(10-6-18)34(30,31)24(13-14-25-17-24)27-21-11-7-19(16-26-21)8-12-22(29)28-33-23-4-2-3-15-32-23/h5-12,16,23,25H,2-4,13-15,17H2,1H3,(H,26,27)(H,28,29)/b12-8+/t23?,24-/m1/s1. The van der Waals surface area contributed by atoms with E-state index in [9.17, 15) is 13.2 Å². The van der Waals surface area contributed by atoms with Gasteiger partial charge >= 0.3 is 0 Å². The number of carbonyl (C=O) groups excluding carboxylic acids is 1. The maximum Gasteiger partial charge on any atom is 0.267 e. The first-order chi connectivity index (χ1) is 16.4. The highest BCUT2D eigenvalue weighted by atomic mass is 32.2. The van der Waals surface area contributed by atoms with Gasteiger partial charge in [-0.2, -0.15) is 0 Å². The lowest BCUT2D eigenvalue weighted by Gasteiger charge is -2.30. The number of nitrogens with zero attached hydrogens (tertiary/aromatic N) is 1. The lowest BCUT2D eigenvalue weighted by molar-refractivity contribution is -0.198. The summed E-state index contributed by atoms with van der Waals surface area (Å²) in [6.07, 6.45) is 7.28. The third kappa shape index (κ3) is 5.64. The number of benzene rings is 1. The van der Waals surface area contributed by atoms with Gasteiger partial charge < -0.3 is 15.4 Å². The summed E-state index contributed by atoms with van der Waals surface area (Å²) in [5, 5.41) is 6.31. The summed E-state index contributed by atoms with van der Waals surface area (Å²) in [4.78, 5) is 20.7. The Kier molecular flexibility index (Phi) is 7.62. The second-order valence-electron chi connectivity index (χ2n) is 8.55. The number of ether oxygens (including phenoxy) is 1. The number of anilines is 1. The first kappa shape index (κ1) is 24.3. The molecule has 0 saturated carbocycles. The van der Waals surface area contributed by atoms with E-state index in [0.717, 1.165) is 24.8 Å². The number of sulfone groups is 1. The first-order valence-corrected chi connectivity index (χ1v) is 12.9. The lowest BCUT2D eigenvalue weighted by atomic mass is 10.2. The van der Waals surface area contributed by atoms with Gasteiger partial charge in [0.2, 0.25) is 9.84 Å². The molecular formula is C24H30N4O5S. The molecule has 182 valence electrons. The Hall–Kier alpha value is -2.79. The van der Waals surface area contributed by atoms with E-state index in [2.05, 4.69) is 21.1 Å². The fourth-order valence-electron chi connectivity index (χ4n) is 3.96. The molecule has 2 fully saturated rings. The lowest BCUT2D eigenvalue weighted by Crippen LogP contribution is -2.48. The van der Waals surface area contributed by atoms with Crippen molar-refractivity contribution >= 4 is 27.6 Å². The van der Waals surface area contributed by atoms with Gasteiger partial charge in [-0.1, -0.05) is 17.7 Å². The number of rotatable bonds is 8. The molecule has 0 spiro atoms. The van der Waals surface area contributed by atoms with Crippen molar-refractivity contribution in [1.29, 1.82) is 0 Å². The molecule has 2 saturated heterocycles. The molecule has 4 rings (SSSR count). The molecule has 3 heterocycles. The molecule has 2 atom stereocenters. The minimum atomic E-state index is -3.67. The van der Waals surface area contributed by atoms with Crippen LogP contribution in [0.3, 0.4) is 0 Å². The summed E-state index contributed by atoms with van der Waals surface area (Å²) < 4.78 is 32.4. The summed E-state index contributed by atoms with van der Waals surface area (Å²) in [5.41, 5.74) is 4.05. The smallest absolute Gasteiger partial charge is 0.267 e. The topological polar surface area (TPSA) is 119 Å². The summed E-state index contributed by atoms with van der Waals surface area (Å²) >= 11 is 0. The monoisotopic (exact) mass is 486 g/mol. The van der Waals surface area contributed by atoms with E-state index in [1.807, 2.05) is 6.92 Å². The SMILES string of the molecule is Cc1ccc(S(=O)(=O)[C@]2(Nc3ccc(/C=C/C(=O)NOC4CCCCO4)cn3)CCNC2)cc1. The third-order valence-electron chi connectivity index (χ3n) is 5.96. The molecule has 0 aliphatic carbocycles. The van der Waals surface area contributed by atoms with Gasteiger partial charge in [-0.25, -0.2) is 23.7 Å². The van der Waals surface area contributed by atoms with Crippen molar-refractivity contribution in [1.82, 2.24) is 15.8 Å². The highest BCUT2D eigenvalue weighted by Gasteiger charge is 2.47. The van der Waals surface area contributed by atoms with Gasteiger partial charge in [0, 0.05) is 31.8 Å². The predicted octanol–water partition coefficient (Wildman–Crippen LogP) is 2.55. The van der Waals surface area contributed by atoms with E-state index in [0.29, 0.717) is 31.0 Å². The van der Waals surface area contributed by atoms with Crippen LogP contribution in [0.15, 0.2) is 53.6 Å². The number of aromatic nitrogens is 1. The Morgan fingerprint density at radius 3 is 2.71 bits per heavy atom. The number of amides is 1. The number of hydrogen-bond donors (Lipinski definition) is 3. The molecule has 2 aliphatic rings. The Labute approximate surface area is 199 Å². The fourth-order valence-corrected chi connectivity index (χ4v) is 5.81. The molecule has 9 nitrogen and oxygen atoms in total. The summed E-state index contributed by atoms with van der Waals surface area (Å²) in [7, 11) is -3.67. The predicted molar refractivity (Wildman–Crippen MR) is 128 cm³/mol. The highest BCUT2D eigenvalue weighted by molar-refractivity contribution is 7.93. The van der Waals surface area contributed by atoms with Gasteiger partial charge in [0.25, 0.3) is 5.91 Å². The van der Waals surface area contributed by atoms with Crippen molar-refractivity contribution in [3.8, 4) is 0 Å². The first-order valence-electron chi connectivity index (χ1n) is 11.4. The quantitative estimate of drug-likeness (QED) is 0.385. The van der Waals surface area contributed by atoms with E-state index in [-0.39, 0.29) is 11.4 Å². The van der Waals surface area contributed by atoms with E-state index in [1.165, 1.54) is 6.08 Å². The molecule has 2 aliphatic heterocycles. The van der Waals surface area contributed by atoms with Crippen molar-refractivity contribution in [3.05, 3.63) is 59.8 Å². The van der Waals surface area contributed by atoms with Crippen LogP contribution in [0.4, 0.5) is 5.82 Å². The summed E-state index contributed by atoms with van der Waals surface area (Å²) in [6, 6.07) is 10.3. The van der Waals surface area contributed by atoms with Crippen molar-refractivity contribution in [2.24, 2.45) is 0 Å². The number of pyridine rings is 1. The third-order valence-corrected chi connectivity index (χ3v) is 8.33. The van der Waals surface area contributed by atoms with Crippen LogP contribution in [0.2, 0.25) is 0 Å². The molecule has 2 aromatic rings. The van der Waals surface area contributed by atoms with Crippen molar-refractivity contribution in [2.45, 2.75) is 48.7 Å². The zero-order valence-electron chi connectivity index (χ0n) is 19.1. The van der Waals surface area contributed by atoms with Crippen molar-refractivity contribution in [2.75, 3.05) is 25.0 Å². The molecule has 1 amide bonds. The van der Waals surface area contributed by atoms with E-state index >= 15 is 0 Å². The van der Waals surface area contributed by atoms with Crippen LogP contribution in [-0.2, 0) is 24.2 Å². The molecule has 0 radical (unpaired) electrons. The second-order valence-corrected chi connectivity index (χ2v) is 10.8. The van der Waals surface area contributed by atoms with Gasteiger partial charge in [0.15, 0.2) is 11.2 Å². The Bertz CT molecular complexity index is 1110. The van der Waals surface area contributed by atoms with Gasteiger partial charge in [-0.15, -0.1) is 0 Å². The number of hydrogen-bond acceptors (Lipinski definition) is 8. The number of nitrogens with one attached hydrogen (secondary N) is 3. The van der Waals surface area contributed by atoms with E-state index in [1.54, 1.807) is 48.7 Å². The normalized spacial score (nSPS) is 23.1. The van der Waals surface area contributed by atoms with Crippen LogP contribution in [0.5, 0.6) is 0 Å².